The van der Waals surface area contributed by atoms with Gasteiger partial charge in [-0.2, -0.15) is 5.26 Å². The largest absolute Gasteiger partial charge is 0.495 e. The van der Waals surface area contributed by atoms with Crippen molar-refractivity contribution < 1.29 is 18.3 Å². The Kier molecular flexibility index (Phi) is 6.04. The SMILES string of the molecule is CCC(C#N)S(=O)(=O)Nc1cc(C#CCO)ccc1OC. The number of aliphatic hydroxyl groups is 1. The predicted octanol–water partition coefficient (Wildman–Crippen LogP) is 1.08. The second-order valence-corrected chi connectivity index (χ2v) is 5.91. The maximum absolute atomic E-state index is 12.1. The maximum Gasteiger partial charge on any atom is 0.249 e. The summed E-state index contributed by atoms with van der Waals surface area (Å²) >= 11 is 0. The molecule has 1 aromatic carbocycles. The van der Waals surface area contributed by atoms with E-state index in [1.165, 1.54) is 13.2 Å². The smallest absolute Gasteiger partial charge is 0.249 e. The third-order valence-electron chi connectivity index (χ3n) is 2.65. The highest BCUT2D eigenvalue weighted by atomic mass is 32.2. The van der Waals surface area contributed by atoms with Crippen molar-refractivity contribution in [3.05, 3.63) is 23.8 Å². The van der Waals surface area contributed by atoms with Gasteiger partial charge in [0.1, 0.15) is 12.4 Å². The summed E-state index contributed by atoms with van der Waals surface area (Å²) in [6, 6.07) is 6.44. The van der Waals surface area contributed by atoms with Crippen molar-refractivity contribution in [3.8, 4) is 23.7 Å². The van der Waals surface area contributed by atoms with Crippen LogP contribution in [-0.4, -0.2) is 32.5 Å². The van der Waals surface area contributed by atoms with Crippen molar-refractivity contribution in [1.29, 1.82) is 5.26 Å². The Bertz CT molecular complexity index is 696. The molecule has 0 bridgehead atoms. The number of hydrogen-bond donors (Lipinski definition) is 2. The number of nitriles is 1. The lowest BCUT2D eigenvalue weighted by Gasteiger charge is -2.14. The Hall–Kier alpha value is -2.22. The van der Waals surface area contributed by atoms with Crippen LogP contribution in [0.5, 0.6) is 5.75 Å². The van der Waals surface area contributed by atoms with Gasteiger partial charge in [0.05, 0.1) is 18.9 Å². The first-order valence-electron chi connectivity index (χ1n) is 6.17. The summed E-state index contributed by atoms with van der Waals surface area (Å²) in [5, 5.41) is 16.4. The zero-order valence-electron chi connectivity index (χ0n) is 11.8. The van der Waals surface area contributed by atoms with Gasteiger partial charge in [-0.1, -0.05) is 18.8 Å². The Morgan fingerprint density at radius 2 is 2.19 bits per heavy atom. The fraction of sp³-hybridized carbons (Fsp3) is 0.357. The van der Waals surface area contributed by atoms with E-state index in [0.29, 0.717) is 11.3 Å². The summed E-state index contributed by atoms with van der Waals surface area (Å²) in [4.78, 5) is 0. The summed E-state index contributed by atoms with van der Waals surface area (Å²) in [6.07, 6.45) is 0.179. The van der Waals surface area contributed by atoms with Crippen LogP contribution in [0.4, 0.5) is 5.69 Å². The number of benzene rings is 1. The zero-order chi connectivity index (χ0) is 15.9. The molecule has 0 radical (unpaired) electrons. The van der Waals surface area contributed by atoms with Crippen molar-refractivity contribution in [2.45, 2.75) is 18.6 Å². The van der Waals surface area contributed by atoms with Crippen LogP contribution in [-0.2, 0) is 10.0 Å². The quantitative estimate of drug-likeness (QED) is 0.793. The normalized spacial score (nSPS) is 11.7. The van der Waals surface area contributed by atoms with Gasteiger partial charge in [0.2, 0.25) is 10.0 Å². The minimum absolute atomic E-state index is 0.179. The van der Waals surface area contributed by atoms with Crippen molar-refractivity contribution in [3.63, 3.8) is 0 Å². The predicted molar refractivity (Wildman–Crippen MR) is 79.2 cm³/mol. The van der Waals surface area contributed by atoms with E-state index in [-0.39, 0.29) is 18.7 Å². The van der Waals surface area contributed by atoms with E-state index in [9.17, 15) is 8.42 Å². The van der Waals surface area contributed by atoms with Gasteiger partial charge in [0, 0.05) is 5.56 Å². The van der Waals surface area contributed by atoms with Crippen LogP contribution in [0.15, 0.2) is 18.2 Å². The van der Waals surface area contributed by atoms with Crippen molar-refractivity contribution in [2.75, 3.05) is 18.4 Å². The molecule has 0 fully saturated rings. The first-order chi connectivity index (χ1) is 9.98. The Morgan fingerprint density at radius 3 is 2.71 bits per heavy atom. The molecule has 1 unspecified atom stereocenters. The third kappa shape index (κ3) is 4.38. The molecule has 0 aliphatic rings. The summed E-state index contributed by atoms with van der Waals surface area (Å²) in [5.74, 6) is 5.47. The first-order valence-corrected chi connectivity index (χ1v) is 7.72. The topological polar surface area (TPSA) is 99.4 Å². The molecule has 7 heteroatoms. The first kappa shape index (κ1) is 16.8. The monoisotopic (exact) mass is 308 g/mol. The molecule has 1 rings (SSSR count). The van der Waals surface area contributed by atoms with Crippen molar-refractivity contribution in [2.24, 2.45) is 0 Å². The van der Waals surface area contributed by atoms with Crippen LogP contribution in [0.1, 0.15) is 18.9 Å². The lowest BCUT2D eigenvalue weighted by atomic mass is 10.2. The molecule has 0 amide bonds. The van der Waals surface area contributed by atoms with Gasteiger partial charge in [0.25, 0.3) is 0 Å². The molecule has 0 spiro atoms. The average Bonchev–Trinajstić information content (AvgIpc) is 2.45. The highest BCUT2D eigenvalue weighted by Crippen LogP contribution is 2.27. The van der Waals surface area contributed by atoms with Gasteiger partial charge < -0.3 is 9.84 Å². The molecule has 0 heterocycles. The number of hydrogen-bond acceptors (Lipinski definition) is 5. The molecule has 2 N–H and O–H groups in total. The highest BCUT2D eigenvalue weighted by Gasteiger charge is 2.24. The van der Waals surface area contributed by atoms with Gasteiger partial charge >= 0.3 is 0 Å². The Balaban J connectivity index is 3.20. The number of sulfonamides is 1. The van der Waals surface area contributed by atoms with Crippen LogP contribution in [0.2, 0.25) is 0 Å². The lowest BCUT2D eigenvalue weighted by Crippen LogP contribution is -2.26. The van der Waals surface area contributed by atoms with E-state index in [0.717, 1.165) is 0 Å². The summed E-state index contributed by atoms with van der Waals surface area (Å²) < 4.78 is 31.6. The summed E-state index contributed by atoms with van der Waals surface area (Å²) in [5.41, 5.74) is 0.725. The van der Waals surface area contributed by atoms with Gasteiger partial charge in [-0.15, -0.1) is 0 Å². The number of methoxy groups -OCH3 is 1. The number of anilines is 1. The Labute approximate surface area is 124 Å². The van der Waals surface area contributed by atoms with E-state index >= 15 is 0 Å². The van der Waals surface area contributed by atoms with E-state index in [4.69, 9.17) is 15.1 Å². The highest BCUT2D eigenvalue weighted by molar-refractivity contribution is 7.93. The molecule has 0 saturated heterocycles. The summed E-state index contributed by atoms with van der Waals surface area (Å²) in [7, 11) is -2.42. The Morgan fingerprint density at radius 1 is 1.48 bits per heavy atom. The van der Waals surface area contributed by atoms with Crippen molar-refractivity contribution >= 4 is 15.7 Å². The number of aliphatic hydroxyl groups excluding tert-OH is 1. The van der Waals surface area contributed by atoms with Crippen LogP contribution < -0.4 is 9.46 Å². The molecule has 0 saturated carbocycles. The molecule has 0 aromatic heterocycles. The molecular formula is C14H16N2O4S. The van der Waals surface area contributed by atoms with E-state index in [1.54, 1.807) is 25.1 Å². The molecule has 112 valence electrons. The maximum atomic E-state index is 12.1. The fourth-order valence-corrected chi connectivity index (χ4v) is 2.80. The summed E-state index contributed by atoms with van der Waals surface area (Å²) in [6.45, 7) is 1.33. The molecule has 1 aromatic rings. The number of nitrogens with zero attached hydrogens (tertiary/aromatic N) is 1. The molecular weight excluding hydrogens is 292 g/mol. The molecule has 1 atom stereocenters. The lowest BCUT2D eigenvalue weighted by molar-refractivity contribution is 0.350. The van der Waals surface area contributed by atoms with Crippen LogP contribution >= 0.6 is 0 Å². The number of nitrogens with one attached hydrogen (secondary N) is 1. The van der Waals surface area contributed by atoms with Crippen LogP contribution in [0.25, 0.3) is 0 Å². The number of rotatable bonds is 5. The van der Waals surface area contributed by atoms with E-state index in [1.807, 2.05) is 0 Å². The van der Waals surface area contributed by atoms with Crippen LogP contribution in [0.3, 0.4) is 0 Å². The second kappa shape index (κ2) is 7.53. The minimum Gasteiger partial charge on any atom is -0.495 e. The standard InChI is InChI=1S/C14H16N2O4S/c1-3-12(10-15)21(18,19)16-13-9-11(5-4-8-17)6-7-14(13)20-2/h6-7,9,12,16-17H,3,8H2,1-2H3. The number of ether oxygens (including phenoxy) is 1. The second-order valence-electron chi connectivity index (χ2n) is 4.05. The molecule has 0 aliphatic carbocycles. The van der Waals surface area contributed by atoms with E-state index < -0.39 is 15.3 Å². The zero-order valence-corrected chi connectivity index (χ0v) is 12.6. The van der Waals surface area contributed by atoms with Gasteiger partial charge in [0.15, 0.2) is 5.25 Å². The molecule has 21 heavy (non-hydrogen) atoms. The van der Waals surface area contributed by atoms with Gasteiger partial charge in [-0.3, -0.25) is 4.72 Å². The average molecular weight is 308 g/mol. The fourth-order valence-electron chi connectivity index (χ4n) is 1.61. The molecule has 6 nitrogen and oxygen atoms in total. The third-order valence-corrected chi connectivity index (χ3v) is 4.35. The van der Waals surface area contributed by atoms with E-state index in [2.05, 4.69) is 16.6 Å². The molecule has 0 aliphatic heterocycles. The minimum atomic E-state index is -3.83. The van der Waals surface area contributed by atoms with Gasteiger partial charge in [-0.25, -0.2) is 8.42 Å². The van der Waals surface area contributed by atoms with Crippen LogP contribution in [0, 0.1) is 23.2 Å². The van der Waals surface area contributed by atoms with Gasteiger partial charge in [-0.05, 0) is 24.6 Å². The van der Waals surface area contributed by atoms with Crippen molar-refractivity contribution in [1.82, 2.24) is 0 Å².